The van der Waals surface area contributed by atoms with Crippen molar-refractivity contribution in [2.45, 2.75) is 97.7 Å². The molecule has 1 aromatic carbocycles. The normalized spacial score (nSPS) is 13.0. The number of rotatable bonds is 14. The van der Waals surface area contributed by atoms with Gasteiger partial charge >= 0.3 is 0 Å². The van der Waals surface area contributed by atoms with E-state index < -0.39 is 11.2 Å². The number of imidazole rings is 1. The topological polar surface area (TPSA) is 108 Å². The predicted octanol–water partition coefficient (Wildman–Crippen LogP) is 5.22. The van der Waals surface area contributed by atoms with E-state index >= 15 is 0 Å². The lowest BCUT2D eigenvalue weighted by atomic mass is 10.0. The zero-order chi connectivity index (χ0) is 28.1. The molecule has 0 fully saturated rings. The van der Waals surface area contributed by atoms with Crippen molar-refractivity contribution in [1.29, 1.82) is 0 Å². The van der Waals surface area contributed by atoms with E-state index in [4.69, 9.17) is 24.2 Å². The van der Waals surface area contributed by atoms with Crippen molar-refractivity contribution < 1.29 is 24.1 Å². The highest BCUT2D eigenvalue weighted by atomic mass is 16.5. The van der Waals surface area contributed by atoms with Gasteiger partial charge in [-0.2, -0.15) is 0 Å². The predicted molar refractivity (Wildman–Crippen MR) is 150 cm³/mol. The number of hydrogen-bond donors (Lipinski definition) is 2. The average molecular weight is 529 g/mol. The van der Waals surface area contributed by atoms with Gasteiger partial charge in [-0.05, 0) is 67.4 Å². The Labute approximate surface area is 225 Å². The summed E-state index contributed by atoms with van der Waals surface area (Å²) in [6.45, 7) is 15.2. The molecule has 2 N–H and O–H groups in total. The number of hydrogen-bond acceptors (Lipinski definition) is 7. The monoisotopic (exact) mass is 528 g/mol. The molecule has 0 aliphatic carbocycles. The fourth-order valence-electron chi connectivity index (χ4n) is 4.19. The lowest BCUT2D eigenvalue weighted by Gasteiger charge is -2.28. The fraction of sp³-hybridized carbons (Fsp3) is 0.621. The molecule has 0 saturated carbocycles. The second-order valence-corrected chi connectivity index (χ2v) is 11.6. The summed E-state index contributed by atoms with van der Waals surface area (Å²) >= 11 is 0. The Bertz CT molecular complexity index is 1240. The third-order valence-corrected chi connectivity index (χ3v) is 6.60. The van der Waals surface area contributed by atoms with Crippen LogP contribution >= 0.6 is 0 Å². The summed E-state index contributed by atoms with van der Waals surface area (Å²) in [6.07, 6.45) is 1.58. The van der Waals surface area contributed by atoms with Crippen molar-refractivity contribution in [3.8, 4) is 0 Å². The van der Waals surface area contributed by atoms with Crippen LogP contribution in [0.4, 0.5) is 5.82 Å². The SMILES string of the molecule is CCOCc1nc2c(NC(=O)CCC(C)(C)OCCC(C)(C)OC)nc3ccccc3c2n1CC(C)(C)O. The lowest BCUT2D eigenvalue weighted by Crippen LogP contribution is -2.31. The molecule has 3 rings (SSSR count). The number of aromatic nitrogens is 3. The van der Waals surface area contributed by atoms with Gasteiger partial charge in [0.1, 0.15) is 17.9 Å². The Morgan fingerprint density at radius 2 is 1.76 bits per heavy atom. The number of carbonyl (C=O) groups is 1. The smallest absolute Gasteiger partial charge is 0.225 e. The molecule has 9 nitrogen and oxygen atoms in total. The Morgan fingerprint density at radius 1 is 1.05 bits per heavy atom. The van der Waals surface area contributed by atoms with Crippen LogP contribution in [0.1, 0.15) is 73.6 Å². The number of ether oxygens (including phenoxy) is 3. The second-order valence-electron chi connectivity index (χ2n) is 11.6. The van der Waals surface area contributed by atoms with E-state index in [0.29, 0.717) is 43.3 Å². The van der Waals surface area contributed by atoms with Gasteiger partial charge in [0, 0.05) is 25.5 Å². The molecule has 2 aromatic heterocycles. The van der Waals surface area contributed by atoms with Crippen LogP contribution in [0.5, 0.6) is 0 Å². The minimum Gasteiger partial charge on any atom is -0.389 e. The van der Waals surface area contributed by atoms with Crippen molar-refractivity contribution >= 4 is 33.7 Å². The van der Waals surface area contributed by atoms with E-state index in [1.165, 1.54) is 0 Å². The largest absolute Gasteiger partial charge is 0.389 e. The number of anilines is 1. The number of pyridine rings is 1. The number of nitrogens with one attached hydrogen (secondary N) is 1. The Kier molecular flexibility index (Phi) is 9.52. The maximum Gasteiger partial charge on any atom is 0.225 e. The van der Waals surface area contributed by atoms with Gasteiger partial charge in [-0.15, -0.1) is 0 Å². The Balaban J connectivity index is 1.87. The van der Waals surface area contributed by atoms with E-state index in [0.717, 1.165) is 22.8 Å². The van der Waals surface area contributed by atoms with Crippen LogP contribution in [0.3, 0.4) is 0 Å². The number of methoxy groups -OCH3 is 1. The molecule has 0 saturated heterocycles. The highest BCUT2D eigenvalue weighted by molar-refractivity contribution is 6.09. The minimum absolute atomic E-state index is 0.161. The zero-order valence-corrected chi connectivity index (χ0v) is 24.2. The van der Waals surface area contributed by atoms with Crippen molar-refractivity contribution in [2.24, 2.45) is 0 Å². The first kappa shape index (κ1) is 30.0. The molecule has 0 bridgehead atoms. The van der Waals surface area contributed by atoms with Crippen molar-refractivity contribution in [3.63, 3.8) is 0 Å². The first-order valence-electron chi connectivity index (χ1n) is 13.3. The molecule has 210 valence electrons. The molecule has 1 amide bonds. The lowest BCUT2D eigenvalue weighted by molar-refractivity contribution is -0.118. The molecule has 9 heteroatoms. The van der Waals surface area contributed by atoms with Gasteiger partial charge in [0.05, 0.1) is 41.0 Å². The molecule has 0 spiro atoms. The van der Waals surface area contributed by atoms with Gasteiger partial charge in [-0.3, -0.25) is 4.79 Å². The van der Waals surface area contributed by atoms with Crippen molar-refractivity contribution in [3.05, 3.63) is 30.1 Å². The van der Waals surface area contributed by atoms with Crippen molar-refractivity contribution in [2.75, 3.05) is 25.6 Å². The van der Waals surface area contributed by atoms with Gasteiger partial charge < -0.3 is 29.2 Å². The zero-order valence-electron chi connectivity index (χ0n) is 24.2. The van der Waals surface area contributed by atoms with E-state index in [2.05, 4.69) is 5.32 Å². The van der Waals surface area contributed by atoms with E-state index in [9.17, 15) is 9.90 Å². The molecule has 0 radical (unpaired) electrons. The fourth-order valence-corrected chi connectivity index (χ4v) is 4.19. The number of carbonyl (C=O) groups excluding carboxylic acids is 1. The van der Waals surface area contributed by atoms with Gasteiger partial charge in [-0.1, -0.05) is 18.2 Å². The number of fused-ring (bicyclic) bond motifs is 3. The molecule has 0 unspecified atom stereocenters. The third-order valence-electron chi connectivity index (χ3n) is 6.60. The molecular formula is C29H44N4O5. The molecule has 0 aliphatic rings. The number of aliphatic hydroxyl groups is 1. The quantitative estimate of drug-likeness (QED) is 0.295. The van der Waals surface area contributed by atoms with Crippen LogP contribution in [0.15, 0.2) is 24.3 Å². The summed E-state index contributed by atoms with van der Waals surface area (Å²) in [7, 11) is 1.70. The van der Waals surface area contributed by atoms with Crippen molar-refractivity contribution in [1.82, 2.24) is 14.5 Å². The van der Waals surface area contributed by atoms with Crippen LogP contribution in [0.2, 0.25) is 0 Å². The molecule has 38 heavy (non-hydrogen) atoms. The average Bonchev–Trinajstić information content (AvgIpc) is 3.18. The molecule has 0 aliphatic heterocycles. The number of amides is 1. The van der Waals surface area contributed by atoms with Crippen LogP contribution < -0.4 is 5.32 Å². The summed E-state index contributed by atoms with van der Waals surface area (Å²) in [4.78, 5) is 22.7. The van der Waals surface area contributed by atoms with E-state index in [1.54, 1.807) is 21.0 Å². The second kappa shape index (κ2) is 12.1. The number of nitrogens with zero attached hydrogens (tertiary/aromatic N) is 3. The molecule has 0 atom stereocenters. The Morgan fingerprint density at radius 3 is 2.42 bits per heavy atom. The minimum atomic E-state index is -0.980. The first-order chi connectivity index (χ1) is 17.8. The first-order valence-corrected chi connectivity index (χ1v) is 13.3. The van der Waals surface area contributed by atoms with E-state index in [-0.39, 0.29) is 24.5 Å². The summed E-state index contributed by atoms with van der Waals surface area (Å²) in [5.74, 6) is 0.911. The maximum absolute atomic E-state index is 13.1. The van der Waals surface area contributed by atoms with Gasteiger partial charge in [0.2, 0.25) is 5.91 Å². The summed E-state index contributed by atoms with van der Waals surface area (Å²) in [5.41, 5.74) is 0.426. The van der Waals surface area contributed by atoms with Gasteiger partial charge in [0.15, 0.2) is 5.82 Å². The highest BCUT2D eigenvalue weighted by Crippen LogP contribution is 2.32. The summed E-state index contributed by atoms with van der Waals surface area (Å²) in [5, 5.41) is 14.5. The van der Waals surface area contributed by atoms with Crippen LogP contribution in [0.25, 0.3) is 21.9 Å². The number of benzene rings is 1. The molecular weight excluding hydrogens is 484 g/mol. The third kappa shape index (κ3) is 7.96. The van der Waals surface area contributed by atoms with E-state index in [1.807, 2.05) is 63.5 Å². The molecule has 2 heterocycles. The van der Waals surface area contributed by atoms with Gasteiger partial charge in [0.25, 0.3) is 0 Å². The van der Waals surface area contributed by atoms with Crippen LogP contribution in [-0.4, -0.2) is 62.7 Å². The maximum atomic E-state index is 13.1. The van der Waals surface area contributed by atoms with Gasteiger partial charge in [-0.25, -0.2) is 9.97 Å². The standard InChI is InChI=1S/C29H44N4O5/c1-9-37-18-22-31-24-25(33(22)19-27(2,3)35)20-12-10-11-13-21(20)30-26(24)32-23(34)14-15-29(6,7)38-17-16-28(4,5)36-8/h10-13,35H,9,14-19H2,1-8H3,(H,30,32,34). The van der Waals surface area contributed by atoms with Crippen LogP contribution in [0, 0.1) is 0 Å². The van der Waals surface area contributed by atoms with Crippen LogP contribution in [-0.2, 0) is 32.2 Å². The highest BCUT2D eigenvalue weighted by Gasteiger charge is 2.26. The summed E-state index contributed by atoms with van der Waals surface area (Å²) < 4.78 is 19.2. The number of para-hydroxylation sites is 1. The molecule has 3 aromatic rings. The Hall–Kier alpha value is -2.59. The summed E-state index contributed by atoms with van der Waals surface area (Å²) in [6, 6.07) is 7.75.